The lowest BCUT2D eigenvalue weighted by molar-refractivity contribution is -0.117. The Morgan fingerprint density at radius 3 is 2.63 bits per heavy atom. The third kappa shape index (κ3) is 4.28. The Morgan fingerprint density at radius 1 is 1.09 bits per heavy atom. The standard InChI is InChI=1S/C29H45N3O3/c1-18(32-35-26(34)31-17-25-27(2,3)14-15-30-25)22-8-9-23-21-7-6-19-16-20(33)10-12-28(19,4)24(21)11-13-29(22,23)5/h16,21-25,30H,6-15,17H2,1-5H3,(H,31,34)/b32-18+/t21-,22+,23-,24-,25?,28-,29+/m0/s1. The fraction of sp³-hybridized carbons (Fsp3) is 0.828. The van der Waals surface area contributed by atoms with Gasteiger partial charge in [0.2, 0.25) is 0 Å². The van der Waals surface area contributed by atoms with Crippen molar-refractivity contribution in [1.82, 2.24) is 10.6 Å². The van der Waals surface area contributed by atoms with E-state index in [9.17, 15) is 9.59 Å². The van der Waals surface area contributed by atoms with Crippen molar-refractivity contribution in [3.63, 3.8) is 0 Å². The van der Waals surface area contributed by atoms with Crippen LogP contribution in [0.1, 0.15) is 92.4 Å². The summed E-state index contributed by atoms with van der Waals surface area (Å²) in [7, 11) is 0. The zero-order valence-corrected chi connectivity index (χ0v) is 22.4. The van der Waals surface area contributed by atoms with Gasteiger partial charge in [-0.2, -0.15) is 0 Å². The summed E-state index contributed by atoms with van der Waals surface area (Å²) in [5.41, 5.74) is 3.01. The largest absolute Gasteiger partial charge is 0.433 e. The molecule has 2 N–H and O–H groups in total. The number of nitrogens with one attached hydrogen (secondary N) is 2. The van der Waals surface area contributed by atoms with Crippen molar-refractivity contribution in [2.75, 3.05) is 13.1 Å². The van der Waals surface area contributed by atoms with Crippen LogP contribution in [0.25, 0.3) is 0 Å². The summed E-state index contributed by atoms with van der Waals surface area (Å²) >= 11 is 0. The van der Waals surface area contributed by atoms with Crippen LogP contribution in [0.2, 0.25) is 0 Å². The summed E-state index contributed by atoms with van der Waals surface area (Å²) in [6, 6.07) is 0.264. The van der Waals surface area contributed by atoms with Gasteiger partial charge < -0.3 is 10.6 Å². The lowest BCUT2D eigenvalue weighted by Gasteiger charge is -2.58. The Morgan fingerprint density at radius 2 is 1.89 bits per heavy atom. The molecule has 6 heteroatoms. The summed E-state index contributed by atoms with van der Waals surface area (Å²) in [4.78, 5) is 29.8. The van der Waals surface area contributed by atoms with Crippen molar-refractivity contribution in [3.8, 4) is 0 Å². The Hall–Kier alpha value is -1.69. The number of ketones is 1. The normalized spacial score (nSPS) is 42.5. The quantitative estimate of drug-likeness (QED) is 0.309. The van der Waals surface area contributed by atoms with Gasteiger partial charge in [0.1, 0.15) is 0 Å². The molecule has 35 heavy (non-hydrogen) atoms. The highest BCUT2D eigenvalue weighted by Gasteiger charge is 2.59. The van der Waals surface area contributed by atoms with E-state index in [0.29, 0.717) is 36.5 Å². The molecule has 0 spiro atoms. The number of rotatable bonds is 4. The Labute approximate surface area is 211 Å². The molecule has 0 radical (unpaired) electrons. The Kier molecular flexibility index (Phi) is 6.43. The average molecular weight is 484 g/mol. The predicted octanol–water partition coefficient (Wildman–Crippen LogP) is 5.62. The fourth-order valence-electron chi connectivity index (χ4n) is 9.01. The lowest BCUT2D eigenvalue weighted by atomic mass is 9.46. The number of nitrogens with zero attached hydrogens (tertiary/aromatic N) is 1. The highest BCUT2D eigenvalue weighted by Crippen LogP contribution is 2.66. The number of oxime groups is 1. The first-order valence-electron chi connectivity index (χ1n) is 14.0. The van der Waals surface area contributed by atoms with E-state index in [1.165, 1.54) is 31.3 Å². The molecule has 1 saturated heterocycles. The van der Waals surface area contributed by atoms with Crippen molar-refractivity contribution < 1.29 is 14.4 Å². The van der Waals surface area contributed by atoms with Crippen LogP contribution < -0.4 is 10.6 Å². The molecule has 1 amide bonds. The van der Waals surface area contributed by atoms with Crippen molar-refractivity contribution in [1.29, 1.82) is 0 Å². The van der Waals surface area contributed by atoms with Crippen molar-refractivity contribution in [3.05, 3.63) is 11.6 Å². The highest BCUT2D eigenvalue weighted by molar-refractivity contribution is 5.91. The van der Waals surface area contributed by atoms with Gasteiger partial charge in [0.05, 0.1) is 5.71 Å². The topological polar surface area (TPSA) is 79.8 Å². The molecule has 0 aromatic carbocycles. The number of hydrogen-bond acceptors (Lipinski definition) is 5. The summed E-state index contributed by atoms with van der Waals surface area (Å²) in [5, 5.41) is 10.7. The maximum Gasteiger partial charge on any atom is 0.433 e. The molecule has 194 valence electrons. The third-order valence-corrected chi connectivity index (χ3v) is 11.3. The first-order valence-corrected chi connectivity index (χ1v) is 14.0. The number of amides is 1. The SMILES string of the molecule is C/C(=N\OC(=O)NCC1NCCC1(C)C)[C@H]1CC[C@H]2[C@@H]3CCC4=CC(=O)CC[C@]4(C)[C@H]3CC[C@]12C. The summed E-state index contributed by atoms with van der Waals surface area (Å²) in [6.07, 6.45) is 11.5. The van der Waals surface area contributed by atoms with Crippen molar-refractivity contribution in [2.24, 2.45) is 45.1 Å². The predicted molar refractivity (Wildman–Crippen MR) is 138 cm³/mol. The van der Waals surface area contributed by atoms with Crippen LogP contribution in [0.3, 0.4) is 0 Å². The van der Waals surface area contributed by atoms with E-state index < -0.39 is 6.09 Å². The van der Waals surface area contributed by atoms with Gasteiger partial charge in [-0.25, -0.2) is 4.79 Å². The molecular weight excluding hydrogens is 438 g/mol. The molecule has 1 aliphatic heterocycles. The van der Waals surface area contributed by atoms with Gasteiger partial charge in [0, 0.05) is 24.9 Å². The van der Waals surface area contributed by atoms with Gasteiger partial charge in [-0.05, 0) is 105 Å². The van der Waals surface area contributed by atoms with Gasteiger partial charge in [0.25, 0.3) is 0 Å². The van der Waals surface area contributed by atoms with Crippen LogP contribution >= 0.6 is 0 Å². The molecule has 7 atom stereocenters. The average Bonchev–Trinajstić information content (AvgIpc) is 3.34. The molecule has 5 rings (SSSR count). The zero-order valence-electron chi connectivity index (χ0n) is 22.4. The van der Waals surface area contributed by atoms with Crippen LogP contribution in [0.4, 0.5) is 4.79 Å². The smallest absolute Gasteiger partial charge is 0.318 e. The van der Waals surface area contributed by atoms with E-state index in [1.54, 1.807) is 0 Å². The summed E-state index contributed by atoms with van der Waals surface area (Å²) in [6.45, 7) is 13.0. The maximum absolute atomic E-state index is 12.4. The second-order valence-corrected chi connectivity index (χ2v) is 13.4. The second kappa shape index (κ2) is 9.00. The highest BCUT2D eigenvalue weighted by atomic mass is 16.7. The molecule has 1 unspecified atom stereocenters. The minimum atomic E-state index is -0.455. The number of carbonyl (C=O) groups excluding carboxylic acids is 2. The van der Waals surface area contributed by atoms with E-state index in [0.717, 1.165) is 43.9 Å². The first-order chi connectivity index (χ1) is 16.5. The van der Waals surface area contributed by atoms with E-state index in [1.807, 2.05) is 6.08 Å². The van der Waals surface area contributed by atoms with Crippen LogP contribution in [-0.4, -0.2) is 36.7 Å². The van der Waals surface area contributed by atoms with Gasteiger partial charge in [-0.3, -0.25) is 9.63 Å². The third-order valence-electron chi connectivity index (χ3n) is 11.3. The van der Waals surface area contributed by atoms with Crippen LogP contribution in [0, 0.1) is 39.9 Å². The zero-order chi connectivity index (χ0) is 25.0. The number of fused-ring (bicyclic) bond motifs is 5. The molecule has 0 aromatic heterocycles. The van der Waals surface area contributed by atoms with Crippen LogP contribution in [0.15, 0.2) is 16.8 Å². The van der Waals surface area contributed by atoms with E-state index >= 15 is 0 Å². The summed E-state index contributed by atoms with van der Waals surface area (Å²) in [5.74, 6) is 2.82. The Balaban J connectivity index is 1.22. The maximum atomic E-state index is 12.4. The molecule has 1 heterocycles. The minimum absolute atomic E-state index is 0.179. The monoisotopic (exact) mass is 483 g/mol. The van der Waals surface area contributed by atoms with E-state index in [-0.39, 0.29) is 22.3 Å². The summed E-state index contributed by atoms with van der Waals surface area (Å²) < 4.78 is 0. The molecule has 5 aliphatic rings. The number of hydrogen-bond donors (Lipinski definition) is 2. The van der Waals surface area contributed by atoms with Gasteiger partial charge in [0.15, 0.2) is 5.78 Å². The molecule has 0 bridgehead atoms. The van der Waals surface area contributed by atoms with Crippen LogP contribution in [0.5, 0.6) is 0 Å². The molecular formula is C29H45N3O3. The fourth-order valence-corrected chi connectivity index (χ4v) is 9.01. The number of allylic oxidation sites excluding steroid dienone is 1. The van der Waals surface area contributed by atoms with E-state index in [4.69, 9.17) is 4.84 Å². The molecule has 3 saturated carbocycles. The van der Waals surface area contributed by atoms with Crippen LogP contribution in [-0.2, 0) is 9.63 Å². The van der Waals surface area contributed by atoms with E-state index in [2.05, 4.69) is 50.4 Å². The van der Waals surface area contributed by atoms with Crippen molar-refractivity contribution in [2.45, 2.75) is 98.4 Å². The molecule has 4 aliphatic carbocycles. The molecule has 4 fully saturated rings. The number of carbonyl (C=O) groups is 2. The molecule has 6 nitrogen and oxygen atoms in total. The van der Waals surface area contributed by atoms with Gasteiger partial charge >= 0.3 is 6.09 Å². The van der Waals surface area contributed by atoms with Gasteiger partial charge in [-0.15, -0.1) is 0 Å². The second-order valence-electron chi connectivity index (χ2n) is 13.4. The van der Waals surface area contributed by atoms with Gasteiger partial charge in [-0.1, -0.05) is 38.4 Å². The van der Waals surface area contributed by atoms with Crippen molar-refractivity contribution >= 4 is 17.6 Å². The Bertz CT molecular complexity index is 939. The minimum Gasteiger partial charge on any atom is -0.318 e. The lowest BCUT2D eigenvalue weighted by Crippen LogP contribution is -2.51. The first kappa shape index (κ1) is 25.0. The molecule has 0 aromatic rings.